The summed E-state index contributed by atoms with van der Waals surface area (Å²) < 4.78 is 0. The molecule has 0 unspecified atom stereocenters. The van der Waals surface area contributed by atoms with Gasteiger partial charge in [-0.15, -0.1) is 0 Å². The Morgan fingerprint density at radius 1 is 1.00 bits per heavy atom. The molecule has 0 bridgehead atoms. The van der Waals surface area contributed by atoms with E-state index in [2.05, 4.69) is 0 Å². The Balaban J connectivity index is -0.000000107. The molecule has 71 valence electrons. The minimum absolute atomic E-state index is 0. The first-order chi connectivity index (χ1) is 4.54. The zero-order valence-electron chi connectivity index (χ0n) is 6.35. The minimum atomic E-state index is -0.995. The Bertz CT molecular complexity index is 99.1. The fourth-order valence-electron chi connectivity index (χ4n) is 0. The topological polar surface area (TPSA) is 80.3 Å². The normalized spacial score (nSPS) is 6.73. The Hall–Kier alpha value is -0.320. The largest absolute Gasteiger partial charge is 0.550 e. The van der Waals surface area contributed by atoms with Crippen molar-refractivity contribution in [1.82, 2.24) is 0 Å². The standard InChI is InChI=1S/2C3H6O2.Ag/c2*1-2-3(4)5;/h2*2H2,1H3,(H,4,5);/p-2. The van der Waals surface area contributed by atoms with Gasteiger partial charge in [0.05, 0.1) is 0 Å². The van der Waals surface area contributed by atoms with Crippen molar-refractivity contribution in [2.45, 2.75) is 26.7 Å². The van der Waals surface area contributed by atoms with Gasteiger partial charge >= 0.3 is 0 Å². The van der Waals surface area contributed by atoms with Crippen LogP contribution in [0.4, 0.5) is 0 Å². The molecular weight excluding hydrogens is 244 g/mol. The van der Waals surface area contributed by atoms with Crippen molar-refractivity contribution in [3.8, 4) is 0 Å². The van der Waals surface area contributed by atoms with Crippen molar-refractivity contribution >= 4 is 11.9 Å². The van der Waals surface area contributed by atoms with Crippen LogP contribution in [0.5, 0.6) is 0 Å². The zero-order valence-corrected chi connectivity index (χ0v) is 7.83. The molecule has 0 N–H and O–H groups in total. The summed E-state index contributed by atoms with van der Waals surface area (Å²) in [5.41, 5.74) is 0. The third kappa shape index (κ3) is 42.2. The molecule has 0 aliphatic rings. The van der Waals surface area contributed by atoms with Gasteiger partial charge in [-0.2, -0.15) is 0 Å². The minimum Gasteiger partial charge on any atom is -0.550 e. The molecule has 11 heavy (non-hydrogen) atoms. The molecule has 0 heterocycles. The predicted octanol–water partition coefficient (Wildman–Crippen LogP) is -1.71. The monoisotopic (exact) mass is 253 g/mol. The summed E-state index contributed by atoms with van der Waals surface area (Å²) in [7, 11) is 0. The van der Waals surface area contributed by atoms with E-state index in [9.17, 15) is 19.8 Å². The van der Waals surface area contributed by atoms with E-state index in [1.54, 1.807) is 0 Å². The number of carboxylic acid groups (broad SMARTS) is 2. The molecule has 0 rings (SSSR count). The van der Waals surface area contributed by atoms with Gasteiger partial charge in [-0.05, 0) is 12.8 Å². The van der Waals surface area contributed by atoms with Crippen LogP contribution in [0, 0.1) is 0 Å². The molecule has 0 aliphatic heterocycles. The van der Waals surface area contributed by atoms with Crippen LogP contribution in [0.1, 0.15) is 26.7 Å². The van der Waals surface area contributed by atoms with Crippen molar-refractivity contribution in [3.63, 3.8) is 0 Å². The molecule has 4 nitrogen and oxygen atoms in total. The van der Waals surface area contributed by atoms with Gasteiger partial charge in [0.15, 0.2) is 0 Å². The number of aliphatic carboxylic acids is 2. The van der Waals surface area contributed by atoms with Gasteiger partial charge in [-0.1, -0.05) is 13.8 Å². The van der Waals surface area contributed by atoms with Crippen LogP contribution >= 0.6 is 0 Å². The van der Waals surface area contributed by atoms with Gasteiger partial charge in [0.1, 0.15) is 0 Å². The van der Waals surface area contributed by atoms with Gasteiger partial charge in [0.2, 0.25) is 0 Å². The van der Waals surface area contributed by atoms with E-state index >= 15 is 0 Å². The number of carboxylic acids is 2. The molecule has 0 aliphatic carbocycles. The maximum absolute atomic E-state index is 9.26. The molecule has 0 amide bonds. The van der Waals surface area contributed by atoms with E-state index in [0.29, 0.717) is 0 Å². The van der Waals surface area contributed by atoms with Crippen LogP contribution in [0.2, 0.25) is 0 Å². The number of hydrogen-bond donors (Lipinski definition) is 0. The van der Waals surface area contributed by atoms with Gasteiger partial charge in [-0.25, -0.2) is 0 Å². The summed E-state index contributed by atoms with van der Waals surface area (Å²) in [5, 5.41) is 18.5. The van der Waals surface area contributed by atoms with Gasteiger partial charge in [0.25, 0.3) is 0 Å². The third-order valence-corrected chi connectivity index (χ3v) is 0.577. The predicted molar refractivity (Wildman–Crippen MR) is 30.6 cm³/mol. The van der Waals surface area contributed by atoms with Crippen LogP contribution in [0.15, 0.2) is 0 Å². The van der Waals surface area contributed by atoms with Crippen LogP contribution < -0.4 is 10.2 Å². The maximum Gasteiger partial charge on any atom is 0.0411 e. The van der Waals surface area contributed by atoms with E-state index in [0.717, 1.165) is 0 Å². The molecule has 0 spiro atoms. The second kappa shape index (κ2) is 12.4. The first-order valence-electron chi connectivity index (χ1n) is 2.94. The molecule has 0 fully saturated rings. The summed E-state index contributed by atoms with van der Waals surface area (Å²) in [6, 6.07) is 0. The Kier molecular flexibility index (Phi) is 19.1. The number of carbonyl (C=O) groups excluding carboxylic acids is 2. The summed E-state index contributed by atoms with van der Waals surface area (Å²) in [5.74, 6) is -1.99. The molecule has 1 radical (unpaired) electrons. The first-order valence-corrected chi connectivity index (χ1v) is 2.94. The summed E-state index contributed by atoms with van der Waals surface area (Å²) in [6.07, 6.45) is 0.222. The smallest absolute Gasteiger partial charge is 0.0411 e. The quantitative estimate of drug-likeness (QED) is 0.549. The molecule has 0 atom stereocenters. The zero-order chi connectivity index (χ0) is 8.57. The summed E-state index contributed by atoms with van der Waals surface area (Å²) in [6.45, 7) is 3.07. The molecule has 0 saturated carbocycles. The van der Waals surface area contributed by atoms with Crippen LogP contribution in [-0.4, -0.2) is 11.9 Å². The molecule has 0 aromatic carbocycles. The van der Waals surface area contributed by atoms with Crippen molar-refractivity contribution < 1.29 is 42.2 Å². The van der Waals surface area contributed by atoms with Crippen molar-refractivity contribution in [2.24, 2.45) is 0 Å². The van der Waals surface area contributed by atoms with Crippen molar-refractivity contribution in [3.05, 3.63) is 0 Å². The molecule has 5 heteroatoms. The van der Waals surface area contributed by atoms with Crippen LogP contribution in [-0.2, 0) is 32.0 Å². The fraction of sp³-hybridized carbons (Fsp3) is 0.667. The maximum atomic E-state index is 9.26. The Morgan fingerprint density at radius 3 is 1.09 bits per heavy atom. The van der Waals surface area contributed by atoms with E-state index < -0.39 is 11.9 Å². The van der Waals surface area contributed by atoms with Crippen LogP contribution in [0.25, 0.3) is 0 Å². The third-order valence-electron chi connectivity index (χ3n) is 0.577. The number of carbonyl (C=O) groups is 2. The van der Waals surface area contributed by atoms with Crippen molar-refractivity contribution in [2.75, 3.05) is 0 Å². The molecule has 0 aromatic rings. The molecular formula is C6H10AgO4-2. The Morgan fingerprint density at radius 2 is 1.09 bits per heavy atom. The second-order valence-electron chi connectivity index (χ2n) is 1.45. The van der Waals surface area contributed by atoms with Gasteiger partial charge < -0.3 is 19.8 Å². The Labute approximate surface area is 81.1 Å². The van der Waals surface area contributed by atoms with Crippen molar-refractivity contribution in [1.29, 1.82) is 0 Å². The SMILES string of the molecule is CCC(=O)[O-].CCC(=O)[O-].[Ag]. The van der Waals surface area contributed by atoms with E-state index in [1.165, 1.54) is 13.8 Å². The van der Waals surface area contributed by atoms with Crippen LogP contribution in [0.3, 0.4) is 0 Å². The average Bonchev–Trinajstić information content (AvgIpc) is 1.89. The number of hydrogen-bond acceptors (Lipinski definition) is 4. The van der Waals surface area contributed by atoms with Gasteiger partial charge in [-0.3, -0.25) is 0 Å². The van der Waals surface area contributed by atoms with E-state index in [1.807, 2.05) is 0 Å². The summed E-state index contributed by atoms with van der Waals surface area (Å²) in [4.78, 5) is 18.5. The first kappa shape index (κ1) is 17.0. The van der Waals surface area contributed by atoms with E-state index in [4.69, 9.17) is 0 Å². The molecule has 0 aromatic heterocycles. The number of rotatable bonds is 2. The van der Waals surface area contributed by atoms with E-state index in [-0.39, 0.29) is 35.2 Å². The fourth-order valence-corrected chi connectivity index (χ4v) is 0. The van der Waals surface area contributed by atoms with Gasteiger partial charge in [0, 0.05) is 34.3 Å². The summed E-state index contributed by atoms with van der Waals surface area (Å²) >= 11 is 0. The molecule has 0 saturated heterocycles. The average molecular weight is 254 g/mol. The second-order valence-corrected chi connectivity index (χ2v) is 1.45.